The maximum Gasteiger partial charge on any atom is 0.348 e. The lowest BCUT2D eigenvalue weighted by molar-refractivity contribution is -0.137. The summed E-state index contributed by atoms with van der Waals surface area (Å²) in [7, 11) is -4.14. The summed E-state index contributed by atoms with van der Waals surface area (Å²) < 4.78 is 32.7. The molecule has 0 fully saturated rings. The van der Waals surface area contributed by atoms with Crippen LogP contribution in [0.1, 0.15) is 0 Å². The van der Waals surface area contributed by atoms with Gasteiger partial charge in [-0.25, -0.2) is 4.79 Å². The topological polar surface area (TPSA) is 104 Å². The number of hydrogen-bond donors (Lipinski definition) is 1. The number of ether oxygens (including phenoxy) is 1. The van der Waals surface area contributed by atoms with Crippen molar-refractivity contribution in [2.75, 3.05) is 12.4 Å². The van der Waals surface area contributed by atoms with Crippen molar-refractivity contribution in [3.63, 3.8) is 0 Å². The minimum Gasteiger partial charge on any atom is -0.460 e. The van der Waals surface area contributed by atoms with Gasteiger partial charge in [-0.1, -0.05) is 6.58 Å². The van der Waals surface area contributed by atoms with Gasteiger partial charge < -0.3 is 4.74 Å². The SMILES string of the molecule is C=C(C#N)C(=O)OCCS(=O)(=O)O. The van der Waals surface area contributed by atoms with E-state index in [2.05, 4.69) is 11.3 Å². The van der Waals surface area contributed by atoms with Crippen LogP contribution < -0.4 is 0 Å². The Morgan fingerprint density at radius 2 is 2.15 bits per heavy atom. The summed E-state index contributed by atoms with van der Waals surface area (Å²) in [5, 5.41) is 8.15. The third-order valence-electron chi connectivity index (χ3n) is 0.956. The molecule has 0 aromatic rings. The maximum atomic E-state index is 10.6. The Kier molecular flexibility index (Phi) is 4.10. The van der Waals surface area contributed by atoms with Crippen molar-refractivity contribution >= 4 is 16.1 Å². The smallest absolute Gasteiger partial charge is 0.348 e. The number of carbonyl (C=O) groups excluding carboxylic acids is 1. The Hall–Kier alpha value is -1.39. The van der Waals surface area contributed by atoms with Gasteiger partial charge >= 0.3 is 5.97 Å². The Balaban J connectivity index is 3.88. The van der Waals surface area contributed by atoms with Crippen LogP contribution in [0.5, 0.6) is 0 Å². The molecule has 0 saturated carbocycles. The molecule has 0 bridgehead atoms. The van der Waals surface area contributed by atoms with E-state index in [1.807, 2.05) is 0 Å². The highest BCUT2D eigenvalue weighted by atomic mass is 32.2. The highest BCUT2D eigenvalue weighted by Crippen LogP contribution is 1.92. The van der Waals surface area contributed by atoms with E-state index in [4.69, 9.17) is 9.81 Å². The van der Waals surface area contributed by atoms with Gasteiger partial charge in [0.25, 0.3) is 10.1 Å². The molecule has 0 atom stereocenters. The summed E-state index contributed by atoms with van der Waals surface area (Å²) in [5.74, 6) is -1.69. The number of hydrogen-bond acceptors (Lipinski definition) is 5. The van der Waals surface area contributed by atoms with Gasteiger partial charge in [-0.15, -0.1) is 0 Å². The van der Waals surface area contributed by atoms with Crippen molar-refractivity contribution in [2.24, 2.45) is 0 Å². The first-order valence-electron chi connectivity index (χ1n) is 3.08. The van der Waals surface area contributed by atoms with Gasteiger partial charge in [0.05, 0.1) is 0 Å². The molecule has 0 amide bonds. The quantitative estimate of drug-likeness (QED) is 0.287. The summed E-state index contributed by atoms with van der Waals surface area (Å²) in [6.07, 6.45) is 0. The Morgan fingerprint density at radius 1 is 1.62 bits per heavy atom. The summed E-state index contributed by atoms with van der Waals surface area (Å²) in [6, 6.07) is 1.43. The molecular formula is C6H7NO5S. The first-order valence-corrected chi connectivity index (χ1v) is 4.69. The van der Waals surface area contributed by atoms with Gasteiger partial charge in [-0.05, 0) is 0 Å². The highest BCUT2D eigenvalue weighted by Gasteiger charge is 2.10. The van der Waals surface area contributed by atoms with Gasteiger partial charge in [0.2, 0.25) is 0 Å². The fourth-order valence-electron chi connectivity index (χ4n) is 0.372. The van der Waals surface area contributed by atoms with E-state index in [1.54, 1.807) is 0 Å². The van der Waals surface area contributed by atoms with Crippen molar-refractivity contribution in [3.8, 4) is 6.07 Å². The van der Waals surface area contributed by atoms with Crippen LogP contribution in [0.25, 0.3) is 0 Å². The molecule has 0 aliphatic carbocycles. The molecule has 1 N–H and O–H groups in total. The van der Waals surface area contributed by atoms with E-state index in [9.17, 15) is 13.2 Å². The number of nitriles is 1. The predicted molar refractivity (Wildman–Crippen MR) is 42.1 cm³/mol. The van der Waals surface area contributed by atoms with Gasteiger partial charge in [-0.3, -0.25) is 4.55 Å². The van der Waals surface area contributed by atoms with Crippen LogP contribution in [0.2, 0.25) is 0 Å². The van der Waals surface area contributed by atoms with E-state index in [0.29, 0.717) is 0 Å². The van der Waals surface area contributed by atoms with Crippen LogP contribution in [0.15, 0.2) is 12.2 Å². The molecule has 72 valence electrons. The average Bonchev–Trinajstić information content (AvgIpc) is 2.00. The number of nitrogens with zero attached hydrogens (tertiary/aromatic N) is 1. The monoisotopic (exact) mass is 205 g/mol. The van der Waals surface area contributed by atoms with Crippen molar-refractivity contribution in [3.05, 3.63) is 12.2 Å². The van der Waals surface area contributed by atoms with Gasteiger partial charge in [0.15, 0.2) is 0 Å². The van der Waals surface area contributed by atoms with Crippen LogP contribution >= 0.6 is 0 Å². The molecule has 13 heavy (non-hydrogen) atoms. The van der Waals surface area contributed by atoms with E-state index in [0.717, 1.165) is 0 Å². The minimum absolute atomic E-state index is 0.421. The first-order chi connectivity index (χ1) is 5.87. The zero-order valence-electron chi connectivity index (χ0n) is 6.56. The normalized spacial score (nSPS) is 10.2. The maximum absolute atomic E-state index is 10.6. The second-order valence-electron chi connectivity index (χ2n) is 2.01. The second kappa shape index (κ2) is 4.59. The van der Waals surface area contributed by atoms with E-state index in [1.165, 1.54) is 6.07 Å². The predicted octanol–water partition coefficient (Wildman–Crippen LogP) is -0.503. The molecule has 0 aromatic heterocycles. The fourth-order valence-corrected chi connectivity index (χ4v) is 0.666. The lowest BCUT2D eigenvalue weighted by Gasteiger charge is -2.00. The van der Waals surface area contributed by atoms with E-state index in [-0.39, 0.29) is 0 Å². The molecule has 7 heteroatoms. The first kappa shape index (κ1) is 11.6. The van der Waals surface area contributed by atoms with Crippen LogP contribution in [0.4, 0.5) is 0 Å². The Labute approximate surface area is 75.2 Å². The molecule has 0 rings (SSSR count). The molecule has 0 unspecified atom stereocenters. The molecule has 0 spiro atoms. The highest BCUT2D eigenvalue weighted by molar-refractivity contribution is 7.85. The average molecular weight is 205 g/mol. The molecule has 0 aliphatic heterocycles. The Bertz CT molecular complexity index is 350. The summed E-state index contributed by atoms with van der Waals surface area (Å²) in [5.41, 5.74) is -0.421. The minimum atomic E-state index is -4.14. The van der Waals surface area contributed by atoms with Gasteiger partial charge in [-0.2, -0.15) is 13.7 Å². The van der Waals surface area contributed by atoms with Crippen LogP contribution in [0.3, 0.4) is 0 Å². The number of esters is 1. The van der Waals surface area contributed by atoms with Crippen LogP contribution in [-0.4, -0.2) is 31.3 Å². The van der Waals surface area contributed by atoms with Crippen molar-refractivity contribution in [1.29, 1.82) is 5.26 Å². The zero-order valence-corrected chi connectivity index (χ0v) is 7.37. The number of rotatable bonds is 4. The van der Waals surface area contributed by atoms with Crippen molar-refractivity contribution in [1.82, 2.24) is 0 Å². The summed E-state index contributed by atoms with van der Waals surface area (Å²) in [6.45, 7) is 2.54. The molecule has 6 nitrogen and oxygen atoms in total. The van der Waals surface area contributed by atoms with Gasteiger partial charge in [0.1, 0.15) is 24.0 Å². The van der Waals surface area contributed by atoms with E-state index >= 15 is 0 Å². The molecule has 0 aromatic carbocycles. The van der Waals surface area contributed by atoms with E-state index < -0.39 is 34.0 Å². The lowest BCUT2D eigenvalue weighted by atomic mass is 10.3. The molecule has 0 radical (unpaired) electrons. The van der Waals surface area contributed by atoms with Crippen LogP contribution in [0, 0.1) is 11.3 Å². The number of carbonyl (C=O) groups is 1. The third-order valence-corrected chi connectivity index (χ3v) is 1.64. The molecular weight excluding hydrogens is 198 g/mol. The van der Waals surface area contributed by atoms with Gasteiger partial charge in [0, 0.05) is 0 Å². The summed E-state index contributed by atoms with van der Waals surface area (Å²) in [4.78, 5) is 10.6. The molecule has 0 saturated heterocycles. The van der Waals surface area contributed by atoms with Crippen molar-refractivity contribution < 1.29 is 22.5 Å². The summed E-state index contributed by atoms with van der Waals surface area (Å²) >= 11 is 0. The zero-order chi connectivity index (χ0) is 10.5. The standard InChI is InChI=1S/C6H7NO5S/c1-5(4-7)6(8)12-2-3-13(9,10)11/h1-3H2,(H,9,10,11). The largest absolute Gasteiger partial charge is 0.460 e. The third kappa shape index (κ3) is 5.84. The fraction of sp³-hybridized carbons (Fsp3) is 0.333. The van der Waals surface area contributed by atoms with Crippen molar-refractivity contribution in [2.45, 2.75) is 0 Å². The Morgan fingerprint density at radius 3 is 2.54 bits per heavy atom. The van der Waals surface area contributed by atoms with Crippen LogP contribution in [-0.2, 0) is 19.6 Å². The lowest BCUT2D eigenvalue weighted by Crippen LogP contribution is -2.15. The molecule has 0 aliphatic rings. The second-order valence-corrected chi connectivity index (χ2v) is 3.58. The molecule has 0 heterocycles.